The molecule has 0 aliphatic heterocycles. The summed E-state index contributed by atoms with van der Waals surface area (Å²) in [4.78, 5) is 3.94. The van der Waals surface area contributed by atoms with Crippen LogP contribution < -0.4 is 10.1 Å². The molecule has 0 saturated carbocycles. The third-order valence-electron chi connectivity index (χ3n) is 3.51. The number of nitrogens with zero attached hydrogens (tertiary/aromatic N) is 1. The Morgan fingerprint density at radius 3 is 2.56 bits per heavy atom. The maximum absolute atomic E-state index is 12.0. The third-order valence-corrected chi connectivity index (χ3v) is 3.96. The van der Waals surface area contributed by atoms with Gasteiger partial charge in [-0.1, -0.05) is 36.5 Å². The van der Waals surface area contributed by atoms with E-state index in [0.717, 1.165) is 23.1 Å². The minimum Gasteiger partial charge on any atom is -0.435 e. The zero-order valence-corrected chi connectivity index (χ0v) is 17.0. The molecule has 148 valence electrons. The number of halogens is 4. The van der Waals surface area contributed by atoms with E-state index in [4.69, 9.17) is 28.6 Å². The number of hydrogen-bond acceptors (Lipinski definition) is 4. The number of ether oxygens (including phenoxy) is 1. The SMILES string of the molecule is CCCc1cc(Cl)ccc1OC(F)F.CNCC(=N)c1cnc(Cl)cc1C. The summed E-state index contributed by atoms with van der Waals surface area (Å²) in [6, 6.07) is 6.43. The van der Waals surface area contributed by atoms with E-state index in [1.165, 1.54) is 6.07 Å². The van der Waals surface area contributed by atoms with E-state index < -0.39 is 6.61 Å². The number of benzene rings is 1. The monoisotopic (exact) mass is 417 g/mol. The molecule has 0 saturated heterocycles. The van der Waals surface area contributed by atoms with Crippen molar-refractivity contribution in [3.8, 4) is 5.75 Å². The smallest absolute Gasteiger partial charge is 0.387 e. The van der Waals surface area contributed by atoms with Gasteiger partial charge in [-0.2, -0.15) is 8.78 Å². The van der Waals surface area contributed by atoms with Crippen LogP contribution in [0.2, 0.25) is 10.2 Å². The van der Waals surface area contributed by atoms with E-state index >= 15 is 0 Å². The van der Waals surface area contributed by atoms with Gasteiger partial charge in [0.2, 0.25) is 0 Å². The van der Waals surface area contributed by atoms with Gasteiger partial charge in [0, 0.05) is 23.3 Å². The fourth-order valence-corrected chi connectivity index (χ4v) is 2.74. The molecular weight excluding hydrogens is 395 g/mol. The zero-order chi connectivity index (χ0) is 20.4. The first-order chi connectivity index (χ1) is 12.8. The van der Waals surface area contributed by atoms with Crippen LogP contribution in [0, 0.1) is 12.3 Å². The van der Waals surface area contributed by atoms with Gasteiger partial charge in [0.05, 0.1) is 5.71 Å². The molecule has 0 aliphatic carbocycles. The average molecular weight is 418 g/mol. The Morgan fingerprint density at radius 1 is 1.30 bits per heavy atom. The first-order valence-corrected chi connectivity index (χ1v) is 9.11. The summed E-state index contributed by atoms with van der Waals surface area (Å²) in [5.74, 6) is 0.214. The van der Waals surface area contributed by atoms with Crippen molar-refractivity contribution >= 4 is 28.9 Å². The van der Waals surface area contributed by atoms with Crippen LogP contribution >= 0.6 is 23.2 Å². The van der Waals surface area contributed by atoms with Gasteiger partial charge >= 0.3 is 6.61 Å². The highest BCUT2D eigenvalue weighted by Gasteiger charge is 2.09. The van der Waals surface area contributed by atoms with Gasteiger partial charge < -0.3 is 15.5 Å². The minimum absolute atomic E-state index is 0.214. The van der Waals surface area contributed by atoms with Crippen LogP contribution in [0.1, 0.15) is 30.0 Å². The number of aromatic nitrogens is 1. The lowest BCUT2D eigenvalue weighted by molar-refractivity contribution is -0.0504. The number of hydrogen-bond donors (Lipinski definition) is 2. The number of alkyl halides is 2. The van der Waals surface area contributed by atoms with E-state index in [2.05, 4.69) is 15.0 Å². The summed E-state index contributed by atoms with van der Waals surface area (Å²) < 4.78 is 28.3. The summed E-state index contributed by atoms with van der Waals surface area (Å²) in [6.45, 7) is 1.65. The second kappa shape index (κ2) is 11.8. The molecular formula is C19H23Cl2F2N3O. The molecule has 27 heavy (non-hydrogen) atoms. The second-order valence-corrected chi connectivity index (χ2v) is 6.54. The summed E-state index contributed by atoms with van der Waals surface area (Å²) in [6.07, 6.45) is 3.18. The molecule has 2 rings (SSSR count). The first-order valence-electron chi connectivity index (χ1n) is 8.36. The molecule has 0 bridgehead atoms. The second-order valence-electron chi connectivity index (χ2n) is 5.71. The number of aryl methyl sites for hydroxylation is 2. The quantitative estimate of drug-likeness (QED) is 0.460. The molecule has 0 spiro atoms. The van der Waals surface area contributed by atoms with E-state index in [-0.39, 0.29) is 5.75 Å². The number of pyridine rings is 1. The van der Waals surface area contributed by atoms with Crippen molar-refractivity contribution in [3.63, 3.8) is 0 Å². The Morgan fingerprint density at radius 2 is 2.00 bits per heavy atom. The molecule has 0 amide bonds. The van der Waals surface area contributed by atoms with E-state index in [1.807, 2.05) is 20.9 Å². The van der Waals surface area contributed by atoms with Crippen molar-refractivity contribution in [3.05, 3.63) is 57.3 Å². The Bertz CT molecular complexity index is 758. The lowest BCUT2D eigenvalue weighted by Gasteiger charge is -2.09. The summed E-state index contributed by atoms with van der Waals surface area (Å²) in [5.41, 5.74) is 3.09. The van der Waals surface area contributed by atoms with Gasteiger partial charge in [-0.05, 0) is 55.8 Å². The molecule has 1 heterocycles. The Kier molecular flexibility index (Phi) is 10.2. The molecule has 4 nitrogen and oxygen atoms in total. The zero-order valence-electron chi connectivity index (χ0n) is 15.5. The predicted molar refractivity (Wildman–Crippen MR) is 107 cm³/mol. The van der Waals surface area contributed by atoms with E-state index in [9.17, 15) is 8.78 Å². The molecule has 0 unspecified atom stereocenters. The van der Waals surface area contributed by atoms with Crippen molar-refractivity contribution in [2.75, 3.05) is 13.6 Å². The molecule has 0 radical (unpaired) electrons. The fraction of sp³-hybridized carbons (Fsp3) is 0.368. The van der Waals surface area contributed by atoms with Gasteiger partial charge in [0.1, 0.15) is 10.9 Å². The molecule has 1 aromatic carbocycles. The number of likely N-dealkylation sites (N-methyl/N-ethyl adjacent to an activating group) is 1. The van der Waals surface area contributed by atoms with Gasteiger partial charge in [-0.3, -0.25) is 0 Å². The van der Waals surface area contributed by atoms with Crippen molar-refractivity contribution in [1.82, 2.24) is 10.3 Å². The van der Waals surface area contributed by atoms with Crippen LogP contribution in [-0.2, 0) is 6.42 Å². The highest BCUT2D eigenvalue weighted by Crippen LogP contribution is 2.25. The van der Waals surface area contributed by atoms with Crippen LogP contribution in [-0.4, -0.2) is 30.9 Å². The van der Waals surface area contributed by atoms with Gasteiger partial charge in [0.15, 0.2) is 0 Å². The average Bonchev–Trinajstić information content (AvgIpc) is 2.58. The Hall–Kier alpha value is -1.76. The maximum atomic E-state index is 12.0. The van der Waals surface area contributed by atoms with Crippen molar-refractivity contribution in [2.24, 2.45) is 0 Å². The van der Waals surface area contributed by atoms with Crippen molar-refractivity contribution in [2.45, 2.75) is 33.3 Å². The Labute approximate surface area is 168 Å². The van der Waals surface area contributed by atoms with Crippen LogP contribution in [0.4, 0.5) is 8.78 Å². The van der Waals surface area contributed by atoms with E-state index in [1.54, 1.807) is 24.4 Å². The summed E-state index contributed by atoms with van der Waals surface area (Å²) in [5, 5.41) is 11.6. The summed E-state index contributed by atoms with van der Waals surface area (Å²) in [7, 11) is 1.81. The molecule has 1 aromatic heterocycles. The van der Waals surface area contributed by atoms with Crippen LogP contribution in [0.5, 0.6) is 5.75 Å². The fourth-order valence-electron chi connectivity index (χ4n) is 2.33. The largest absolute Gasteiger partial charge is 0.435 e. The standard InChI is InChI=1S/C10H11ClF2O.C9H12ClN3/c1-2-3-7-6-8(11)4-5-9(7)14-10(12)13;1-6-3-9(10)13-4-7(6)8(11)5-12-2/h4-6,10H,2-3H2,1H3;3-4,11-12H,5H2,1-2H3. The maximum Gasteiger partial charge on any atom is 0.387 e. The number of rotatable bonds is 7. The molecule has 0 fully saturated rings. The highest BCUT2D eigenvalue weighted by molar-refractivity contribution is 6.30. The lowest BCUT2D eigenvalue weighted by atomic mass is 10.1. The Balaban J connectivity index is 0.000000271. The topological polar surface area (TPSA) is 58.0 Å². The third kappa shape index (κ3) is 8.20. The molecule has 0 atom stereocenters. The van der Waals surface area contributed by atoms with Crippen LogP contribution in [0.15, 0.2) is 30.5 Å². The summed E-state index contributed by atoms with van der Waals surface area (Å²) >= 11 is 11.4. The van der Waals surface area contributed by atoms with Crippen molar-refractivity contribution < 1.29 is 13.5 Å². The lowest BCUT2D eigenvalue weighted by Crippen LogP contribution is -2.19. The molecule has 2 N–H and O–H groups in total. The van der Waals surface area contributed by atoms with Crippen LogP contribution in [0.25, 0.3) is 0 Å². The van der Waals surface area contributed by atoms with Crippen molar-refractivity contribution in [1.29, 1.82) is 5.41 Å². The van der Waals surface area contributed by atoms with Crippen LogP contribution in [0.3, 0.4) is 0 Å². The minimum atomic E-state index is -2.79. The molecule has 0 aliphatic rings. The number of nitrogens with one attached hydrogen (secondary N) is 2. The van der Waals surface area contributed by atoms with Gasteiger partial charge in [0.25, 0.3) is 0 Å². The van der Waals surface area contributed by atoms with E-state index in [0.29, 0.717) is 28.9 Å². The first kappa shape index (κ1) is 23.3. The predicted octanol–water partition coefficient (Wildman–Crippen LogP) is 5.52. The van der Waals surface area contributed by atoms with Gasteiger partial charge in [-0.15, -0.1) is 0 Å². The normalized spacial score (nSPS) is 10.4. The molecule has 8 heteroatoms. The van der Waals surface area contributed by atoms with Gasteiger partial charge in [-0.25, -0.2) is 4.98 Å². The molecule has 2 aromatic rings. The highest BCUT2D eigenvalue weighted by atomic mass is 35.5.